The summed E-state index contributed by atoms with van der Waals surface area (Å²) in [4.78, 5) is 10.8. The highest BCUT2D eigenvalue weighted by molar-refractivity contribution is 6.42. The molecule has 0 atom stereocenters. The first-order valence-electron chi connectivity index (χ1n) is 5.43. The monoisotopic (exact) mass is 314 g/mol. The molecule has 0 aliphatic heterocycles. The normalized spacial score (nSPS) is 10.3. The molecule has 0 fully saturated rings. The molecule has 2 aromatic rings. The molecule has 19 heavy (non-hydrogen) atoms. The zero-order valence-electron chi connectivity index (χ0n) is 9.70. The van der Waals surface area contributed by atoms with Gasteiger partial charge in [0.15, 0.2) is 6.29 Å². The van der Waals surface area contributed by atoms with E-state index in [0.29, 0.717) is 27.6 Å². The van der Waals surface area contributed by atoms with Crippen LogP contribution in [-0.4, -0.2) is 6.29 Å². The van der Waals surface area contributed by atoms with E-state index in [1.807, 2.05) is 6.07 Å². The van der Waals surface area contributed by atoms with Gasteiger partial charge < -0.3 is 4.74 Å². The number of benzene rings is 2. The summed E-state index contributed by atoms with van der Waals surface area (Å²) in [6, 6.07) is 10.3. The first-order valence-corrected chi connectivity index (χ1v) is 6.56. The highest BCUT2D eigenvalue weighted by atomic mass is 35.5. The fourth-order valence-electron chi connectivity index (χ4n) is 1.55. The quantitative estimate of drug-likeness (QED) is 0.739. The number of aldehydes is 1. The Kier molecular flexibility index (Phi) is 4.70. The summed E-state index contributed by atoms with van der Waals surface area (Å²) in [5, 5.41) is 1.21. The fourth-order valence-corrected chi connectivity index (χ4v) is 2.15. The highest BCUT2D eigenvalue weighted by Crippen LogP contribution is 2.30. The zero-order chi connectivity index (χ0) is 13.8. The maximum absolute atomic E-state index is 10.8. The van der Waals surface area contributed by atoms with Crippen molar-refractivity contribution in [3.05, 3.63) is 62.6 Å². The van der Waals surface area contributed by atoms with E-state index in [2.05, 4.69) is 0 Å². The molecule has 0 unspecified atom stereocenters. The van der Waals surface area contributed by atoms with E-state index < -0.39 is 0 Å². The standard InChI is InChI=1S/C14H9Cl3O2/c15-11-5-1-4-10(13(11)16)8-19-12-6-2-3-9(7-18)14(12)17/h1-7H,8H2. The maximum atomic E-state index is 10.8. The van der Waals surface area contributed by atoms with Crippen molar-refractivity contribution in [1.82, 2.24) is 0 Å². The predicted molar refractivity (Wildman–Crippen MR) is 77.6 cm³/mol. The Balaban J connectivity index is 2.19. The Morgan fingerprint density at radius 1 is 1.00 bits per heavy atom. The molecule has 0 aliphatic rings. The number of carbonyl (C=O) groups is 1. The zero-order valence-corrected chi connectivity index (χ0v) is 12.0. The van der Waals surface area contributed by atoms with Crippen molar-refractivity contribution in [2.45, 2.75) is 6.61 Å². The van der Waals surface area contributed by atoms with Crippen LogP contribution in [-0.2, 0) is 6.61 Å². The van der Waals surface area contributed by atoms with E-state index in [4.69, 9.17) is 39.5 Å². The molecule has 0 saturated carbocycles. The van der Waals surface area contributed by atoms with Gasteiger partial charge >= 0.3 is 0 Å². The first kappa shape index (κ1) is 14.2. The maximum Gasteiger partial charge on any atom is 0.151 e. The van der Waals surface area contributed by atoms with E-state index >= 15 is 0 Å². The Bertz CT molecular complexity index is 612. The van der Waals surface area contributed by atoms with Gasteiger partial charge in [-0.1, -0.05) is 53.0 Å². The van der Waals surface area contributed by atoms with Crippen LogP contribution >= 0.6 is 34.8 Å². The number of rotatable bonds is 4. The summed E-state index contributed by atoms with van der Waals surface area (Å²) in [6.07, 6.45) is 0.682. The molecule has 0 N–H and O–H groups in total. The average Bonchev–Trinajstić information content (AvgIpc) is 2.42. The van der Waals surface area contributed by atoms with Crippen molar-refractivity contribution in [1.29, 1.82) is 0 Å². The van der Waals surface area contributed by atoms with E-state index in [1.54, 1.807) is 30.3 Å². The Labute approximate surface area is 125 Å². The number of carbonyl (C=O) groups excluding carboxylic acids is 1. The second-order valence-electron chi connectivity index (χ2n) is 3.78. The fraction of sp³-hybridized carbons (Fsp3) is 0.0714. The number of halogens is 3. The highest BCUT2D eigenvalue weighted by Gasteiger charge is 2.09. The van der Waals surface area contributed by atoms with Crippen LogP contribution in [0.4, 0.5) is 0 Å². The van der Waals surface area contributed by atoms with Crippen molar-refractivity contribution in [2.75, 3.05) is 0 Å². The van der Waals surface area contributed by atoms with Crippen LogP contribution in [0.3, 0.4) is 0 Å². The van der Waals surface area contributed by atoms with Gasteiger partial charge in [0, 0.05) is 11.1 Å². The summed E-state index contributed by atoms with van der Waals surface area (Å²) in [5.74, 6) is 0.433. The number of ether oxygens (including phenoxy) is 1. The lowest BCUT2D eigenvalue weighted by atomic mass is 10.2. The van der Waals surface area contributed by atoms with Crippen molar-refractivity contribution in [3.63, 3.8) is 0 Å². The lowest BCUT2D eigenvalue weighted by Crippen LogP contribution is -1.98. The average molecular weight is 316 g/mol. The third-order valence-electron chi connectivity index (χ3n) is 2.53. The Morgan fingerprint density at radius 2 is 1.74 bits per heavy atom. The van der Waals surface area contributed by atoms with Crippen LogP contribution < -0.4 is 4.74 Å². The molecule has 2 aromatic carbocycles. The van der Waals surface area contributed by atoms with Gasteiger partial charge in [0.05, 0.1) is 15.1 Å². The molecule has 5 heteroatoms. The summed E-state index contributed by atoms with van der Waals surface area (Å²) in [7, 11) is 0. The van der Waals surface area contributed by atoms with Crippen molar-refractivity contribution in [3.8, 4) is 5.75 Å². The number of hydrogen-bond acceptors (Lipinski definition) is 2. The van der Waals surface area contributed by atoms with E-state index in [1.165, 1.54) is 0 Å². The summed E-state index contributed by atoms with van der Waals surface area (Å²) < 4.78 is 5.57. The third kappa shape index (κ3) is 3.21. The topological polar surface area (TPSA) is 26.3 Å². The summed E-state index contributed by atoms with van der Waals surface area (Å²) >= 11 is 18.0. The van der Waals surface area contributed by atoms with Gasteiger partial charge in [0.1, 0.15) is 12.4 Å². The van der Waals surface area contributed by atoms with Gasteiger partial charge in [-0.05, 0) is 18.2 Å². The minimum absolute atomic E-state index is 0.224. The lowest BCUT2D eigenvalue weighted by Gasteiger charge is -2.10. The van der Waals surface area contributed by atoms with E-state index in [-0.39, 0.29) is 11.6 Å². The molecular formula is C14H9Cl3O2. The Morgan fingerprint density at radius 3 is 2.47 bits per heavy atom. The number of hydrogen-bond donors (Lipinski definition) is 0. The van der Waals surface area contributed by atoms with Gasteiger partial charge in [-0.25, -0.2) is 0 Å². The molecular weight excluding hydrogens is 307 g/mol. The van der Waals surface area contributed by atoms with Crippen molar-refractivity contribution in [2.24, 2.45) is 0 Å². The van der Waals surface area contributed by atoms with Gasteiger partial charge in [0.25, 0.3) is 0 Å². The third-order valence-corrected chi connectivity index (χ3v) is 3.80. The van der Waals surface area contributed by atoms with Crippen LogP contribution in [0, 0.1) is 0 Å². The molecule has 0 amide bonds. The van der Waals surface area contributed by atoms with E-state index in [0.717, 1.165) is 5.56 Å². The molecule has 0 heterocycles. The second kappa shape index (κ2) is 6.29. The van der Waals surface area contributed by atoms with Crippen molar-refractivity contribution >= 4 is 41.1 Å². The van der Waals surface area contributed by atoms with Crippen LogP contribution in [0.15, 0.2) is 36.4 Å². The second-order valence-corrected chi connectivity index (χ2v) is 4.94. The molecule has 0 spiro atoms. The first-order chi connectivity index (χ1) is 9.13. The van der Waals surface area contributed by atoms with E-state index in [9.17, 15) is 4.79 Å². The minimum atomic E-state index is 0.224. The molecule has 2 nitrogen and oxygen atoms in total. The Hall–Kier alpha value is -1.22. The smallest absolute Gasteiger partial charge is 0.151 e. The van der Waals surface area contributed by atoms with Gasteiger partial charge in [-0.2, -0.15) is 0 Å². The van der Waals surface area contributed by atoms with Gasteiger partial charge in [-0.15, -0.1) is 0 Å². The largest absolute Gasteiger partial charge is 0.487 e. The van der Waals surface area contributed by atoms with Crippen molar-refractivity contribution < 1.29 is 9.53 Å². The molecule has 0 saturated heterocycles. The van der Waals surface area contributed by atoms with Crippen LogP contribution in [0.1, 0.15) is 15.9 Å². The van der Waals surface area contributed by atoms with Gasteiger partial charge in [-0.3, -0.25) is 4.79 Å². The molecule has 2 rings (SSSR count). The van der Waals surface area contributed by atoms with Crippen LogP contribution in [0.5, 0.6) is 5.75 Å². The lowest BCUT2D eigenvalue weighted by molar-refractivity contribution is 0.112. The molecule has 0 aromatic heterocycles. The molecule has 0 aliphatic carbocycles. The summed E-state index contributed by atoms with van der Waals surface area (Å²) in [5.41, 5.74) is 1.14. The van der Waals surface area contributed by atoms with Crippen LogP contribution in [0.2, 0.25) is 15.1 Å². The SMILES string of the molecule is O=Cc1cccc(OCc2cccc(Cl)c2Cl)c1Cl. The predicted octanol–water partition coefficient (Wildman–Crippen LogP) is 5.04. The minimum Gasteiger partial charge on any atom is -0.487 e. The molecule has 0 radical (unpaired) electrons. The van der Waals surface area contributed by atoms with Crippen LogP contribution in [0.25, 0.3) is 0 Å². The summed E-state index contributed by atoms with van der Waals surface area (Å²) in [6.45, 7) is 0.224. The molecule has 0 bridgehead atoms. The molecule has 98 valence electrons. The van der Waals surface area contributed by atoms with Gasteiger partial charge in [0.2, 0.25) is 0 Å².